The molecule has 0 aromatic rings. The third-order valence-corrected chi connectivity index (χ3v) is 4.49. The first-order valence-electron chi connectivity index (χ1n) is 7.65. The van der Waals surface area contributed by atoms with Crippen molar-refractivity contribution in [2.45, 2.75) is 44.7 Å². The van der Waals surface area contributed by atoms with Gasteiger partial charge in [-0.25, -0.2) is 0 Å². The van der Waals surface area contributed by atoms with Crippen molar-refractivity contribution >= 4 is 0 Å². The number of nitrogens with zero attached hydrogens (tertiary/aromatic N) is 1. The molecule has 112 valence electrons. The molecule has 1 N–H and O–H groups in total. The summed E-state index contributed by atoms with van der Waals surface area (Å²) in [5.74, 6) is 0. The Morgan fingerprint density at radius 2 is 2.26 bits per heavy atom. The van der Waals surface area contributed by atoms with Crippen LogP contribution in [-0.2, 0) is 9.47 Å². The van der Waals surface area contributed by atoms with Gasteiger partial charge >= 0.3 is 0 Å². The van der Waals surface area contributed by atoms with Crippen LogP contribution in [0.25, 0.3) is 0 Å². The molecule has 4 heteroatoms. The third kappa shape index (κ3) is 4.71. The maximum Gasteiger partial charge on any atom is 0.0615 e. The van der Waals surface area contributed by atoms with Crippen molar-refractivity contribution in [3.05, 3.63) is 0 Å². The van der Waals surface area contributed by atoms with Gasteiger partial charge in [0.05, 0.1) is 13.2 Å². The van der Waals surface area contributed by atoms with E-state index >= 15 is 0 Å². The van der Waals surface area contributed by atoms with Crippen LogP contribution in [0, 0.1) is 5.41 Å². The molecule has 1 saturated heterocycles. The number of nitrogens with one attached hydrogen (secondary N) is 1. The Hall–Kier alpha value is -0.160. The minimum absolute atomic E-state index is 0.289. The van der Waals surface area contributed by atoms with Gasteiger partial charge in [0, 0.05) is 44.3 Å². The van der Waals surface area contributed by atoms with Crippen molar-refractivity contribution in [3.63, 3.8) is 0 Å². The lowest BCUT2D eigenvalue weighted by molar-refractivity contribution is -0.0319. The molecule has 2 aliphatic rings. The van der Waals surface area contributed by atoms with Crippen LogP contribution in [0.3, 0.4) is 0 Å². The average Bonchev–Trinajstić information content (AvgIpc) is 3.22. The predicted octanol–water partition coefficient (Wildman–Crippen LogP) is 1.50. The average molecular weight is 270 g/mol. The molecule has 0 radical (unpaired) electrons. The first-order chi connectivity index (χ1) is 9.15. The Labute approximate surface area is 117 Å². The summed E-state index contributed by atoms with van der Waals surface area (Å²) in [7, 11) is 3.98. The van der Waals surface area contributed by atoms with Gasteiger partial charge in [0.1, 0.15) is 0 Å². The van der Waals surface area contributed by atoms with Gasteiger partial charge < -0.3 is 19.7 Å². The summed E-state index contributed by atoms with van der Waals surface area (Å²) in [4.78, 5) is 2.42. The highest BCUT2D eigenvalue weighted by Gasteiger charge is 2.36. The van der Waals surface area contributed by atoms with Gasteiger partial charge in [-0.15, -0.1) is 0 Å². The number of hydrogen-bond donors (Lipinski definition) is 1. The molecule has 19 heavy (non-hydrogen) atoms. The molecule has 0 bridgehead atoms. The van der Waals surface area contributed by atoms with Gasteiger partial charge in [-0.2, -0.15) is 0 Å². The lowest BCUT2D eigenvalue weighted by Crippen LogP contribution is -2.50. The van der Waals surface area contributed by atoms with Crippen LogP contribution in [0.4, 0.5) is 0 Å². The van der Waals surface area contributed by atoms with Crippen molar-refractivity contribution in [1.82, 2.24) is 10.2 Å². The van der Waals surface area contributed by atoms with Crippen LogP contribution in [-0.4, -0.2) is 64.1 Å². The van der Waals surface area contributed by atoms with Crippen molar-refractivity contribution in [2.75, 3.05) is 47.1 Å². The molecule has 2 unspecified atom stereocenters. The van der Waals surface area contributed by atoms with Gasteiger partial charge in [-0.1, -0.05) is 0 Å². The van der Waals surface area contributed by atoms with Crippen LogP contribution < -0.4 is 5.32 Å². The maximum absolute atomic E-state index is 5.78. The van der Waals surface area contributed by atoms with E-state index in [0.29, 0.717) is 6.04 Å². The van der Waals surface area contributed by atoms with Crippen molar-refractivity contribution in [2.24, 2.45) is 5.41 Å². The lowest BCUT2D eigenvalue weighted by atomic mass is 9.81. The molecular formula is C15H30N2O2. The van der Waals surface area contributed by atoms with Crippen molar-refractivity contribution in [1.29, 1.82) is 0 Å². The molecule has 2 fully saturated rings. The molecule has 0 amide bonds. The topological polar surface area (TPSA) is 33.7 Å². The summed E-state index contributed by atoms with van der Waals surface area (Å²) in [5, 5.41) is 3.71. The molecule has 2 atom stereocenters. The summed E-state index contributed by atoms with van der Waals surface area (Å²) in [6, 6.07) is 1.24. The quantitative estimate of drug-likeness (QED) is 0.725. The molecule has 0 aromatic carbocycles. The largest absolute Gasteiger partial charge is 0.383 e. The van der Waals surface area contributed by atoms with Gasteiger partial charge in [0.15, 0.2) is 0 Å². The van der Waals surface area contributed by atoms with Gasteiger partial charge in [0.2, 0.25) is 0 Å². The van der Waals surface area contributed by atoms with Crippen LogP contribution in [0.1, 0.15) is 32.6 Å². The summed E-state index contributed by atoms with van der Waals surface area (Å²) in [6.07, 6.45) is 5.18. The van der Waals surface area contributed by atoms with Crippen LogP contribution >= 0.6 is 0 Å². The first kappa shape index (κ1) is 15.2. The second-order valence-electron chi connectivity index (χ2n) is 6.53. The highest BCUT2D eigenvalue weighted by molar-refractivity contribution is 4.91. The van der Waals surface area contributed by atoms with E-state index in [1.807, 2.05) is 0 Å². The van der Waals surface area contributed by atoms with Gasteiger partial charge in [0.25, 0.3) is 0 Å². The smallest absolute Gasteiger partial charge is 0.0615 e. The van der Waals surface area contributed by atoms with Crippen LogP contribution in [0.5, 0.6) is 0 Å². The highest BCUT2D eigenvalue weighted by atomic mass is 16.5. The van der Waals surface area contributed by atoms with Crippen molar-refractivity contribution in [3.8, 4) is 0 Å². The first-order valence-corrected chi connectivity index (χ1v) is 7.65. The van der Waals surface area contributed by atoms with Crippen molar-refractivity contribution < 1.29 is 9.47 Å². The zero-order chi connectivity index (χ0) is 13.7. The Morgan fingerprint density at radius 1 is 1.47 bits per heavy atom. The summed E-state index contributed by atoms with van der Waals surface area (Å²) in [5.41, 5.74) is 0.289. The molecule has 1 heterocycles. The van der Waals surface area contributed by atoms with E-state index in [4.69, 9.17) is 9.47 Å². The molecule has 0 aromatic heterocycles. The number of likely N-dealkylation sites (N-methyl/N-ethyl adjacent to an activating group) is 1. The lowest BCUT2D eigenvalue weighted by Gasteiger charge is -2.41. The second kappa shape index (κ2) is 7.02. The van der Waals surface area contributed by atoms with Gasteiger partial charge in [-0.3, -0.25) is 0 Å². The summed E-state index contributed by atoms with van der Waals surface area (Å²) in [6.45, 7) is 7.05. The van der Waals surface area contributed by atoms with E-state index in [0.717, 1.165) is 39.0 Å². The van der Waals surface area contributed by atoms with E-state index in [9.17, 15) is 0 Å². The van der Waals surface area contributed by atoms with Gasteiger partial charge in [-0.05, 0) is 39.7 Å². The minimum Gasteiger partial charge on any atom is -0.383 e. The Morgan fingerprint density at radius 3 is 2.84 bits per heavy atom. The number of hydrogen-bond acceptors (Lipinski definition) is 4. The Kier molecular flexibility index (Phi) is 5.63. The normalized spacial score (nSPS) is 29.7. The molecule has 1 aliphatic carbocycles. The molecule has 0 spiro atoms. The number of ether oxygens (including phenoxy) is 2. The summed E-state index contributed by atoms with van der Waals surface area (Å²) < 4.78 is 11.0. The minimum atomic E-state index is 0.289. The second-order valence-corrected chi connectivity index (χ2v) is 6.53. The van der Waals surface area contributed by atoms with Crippen LogP contribution in [0.2, 0.25) is 0 Å². The van der Waals surface area contributed by atoms with Crippen LogP contribution in [0.15, 0.2) is 0 Å². The maximum atomic E-state index is 5.78. The SMILES string of the molecule is COCC(C)N(C)CC1(CNC2CC2)CCCOC1. The fourth-order valence-electron chi connectivity index (χ4n) is 2.93. The fourth-order valence-corrected chi connectivity index (χ4v) is 2.93. The molecule has 1 saturated carbocycles. The number of rotatable bonds is 8. The Bertz CT molecular complexity index is 263. The zero-order valence-corrected chi connectivity index (χ0v) is 12.8. The van der Waals surface area contributed by atoms with E-state index in [-0.39, 0.29) is 5.41 Å². The standard InChI is InChI=1S/C15H30N2O2/c1-13(9-18-3)17(2)11-15(7-4-8-19-12-15)10-16-14-5-6-14/h13-14,16H,4-12H2,1-3H3. The highest BCUT2D eigenvalue weighted by Crippen LogP contribution is 2.31. The predicted molar refractivity (Wildman–Crippen MR) is 77.5 cm³/mol. The molecule has 2 rings (SSSR count). The van der Waals surface area contributed by atoms with E-state index < -0.39 is 0 Å². The van der Waals surface area contributed by atoms with E-state index in [1.165, 1.54) is 25.7 Å². The molecule has 4 nitrogen and oxygen atoms in total. The fraction of sp³-hybridized carbons (Fsp3) is 1.00. The van der Waals surface area contributed by atoms with E-state index in [1.54, 1.807) is 7.11 Å². The third-order valence-electron chi connectivity index (χ3n) is 4.49. The zero-order valence-electron chi connectivity index (χ0n) is 12.8. The molecular weight excluding hydrogens is 240 g/mol. The Balaban J connectivity index is 1.87. The number of methoxy groups -OCH3 is 1. The monoisotopic (exact) mass is 270 g/mol. The summed E-state index contributed by atoms with van der Waals surface area (Å²) >= 11 is 0. The molecule has 1 aliphatic heterocycles. The van der Waals surface area contributed by atoms with E-state index in [2.05, 4.69) is 24.2 Å².